The quantitative estimate of drug-likeness (QED) is 0.318. The number of carbonyl (C=O) groups is 1. The molecular formula is C26H29N7O6S. The standard InChI is InChI=1S/C26H29N7O6S/c1-35-24(34)16-4-2-5-17(12-16)27-25(40)28-20-14-37-23-21(15-38-22(20)23)33-26(29-30-31-33)39-19-7-3-6-18(13-19)32-8-10-36-11-9-32/h2-7,12-13,20-23H,8-11,14-15H2,1H3,(H2,27,28,40). The Hall–Kier alpha value is -3.85. The number of morpholine rings is 1. The number of methoxy groups -OCH3 is 1. The van der Waals surface area contributed by atoms with E-state index in [9.17, 15) is 4.79 Å². The third-order valence-corrected chi connectivity index (χ3v) is 7.28. The Bertz CT molecular complexity index is 1370. The van der Waals surface area contributed by atoms with Gasteiger partial charge in [0.1, 0.15) is 24.0 Å². The molecule has 0 amide bonds. The average Bonchev–Trinajstić information content (AvgIpc) is 3.71. The van der Waals surface area contributed by atoms with Gasteiger partial charge in [-0.1, -0.05) is 17.2 Å². The van der Waals surface area contributed by atoms with E-state index in [-0.39, 0.29) is 30.3 Å². The first-order valence-electron chi connectivity index (χ1n) is 13.0. The lowest BCUT2D eigenvalue weighted by Gasteiger charge is -2.29. The van der Waals surface area contributed by atoms with E-state index < -0.39 is 5.97 Å². The van der Waals surface area contributed by atoms with Crippen LogP contribution in [0.5, 0.6) is 11.8 Å². The van der Waals surface area contributed by atoms with Gasteiger partial charge >= 0.3 is 12.0 Å². The van der Waals surface area contributed by atoms with E-state index in [1.165, 1.54) is 7.11 Å². The molecule has 3 aliphatic heterocycles. The maximum atomic E-state index is 11.8. The zero-order valence-corrected chi connectivity index (χ0v) is 22.6. The number of ether oxygens (including phenoxy) is 5. The van der Waals surface area contributed by atoms with Crippen LogP contribution in [0.25, 0.3) is 0 Å². The smallest absolute Gasteiger partial charge is 0.341 e. The Labute approximate surface area is 235 Å². The van der Waals surface area contributed by atoms with E-state index in [2.05, 4.69) is 31.1 Å². The van der Waals surface area contributed by atoms with Gasteiger partial charge in [0.2, 0.25) is 0 Å². The molecule has 3 aliphatic rings. The van der Waals surface area contributed by atoms with Crippen LogP contribution in [0.4, 0.5) is 11.4 Å². The first-order valence-corrected chi connectivity index (χ1v) is 13.4. The molecule has 14 heteroatoms. The van der Waals surface area contributed by atoms with E-state index in [0.29, 0.717) is 48.5 Å². The number of anilines is 2. The summed E-state index contributed by atoms with van der Waals surface area (Å²) in [5, 5.41) is 18.9. The highest BCUT2D eigenvalue weighted by Gasteiger charge is 2.50. The predicted octanol–water partition coefficient (Wildman–Crippen LogP) is 1.78. The minimum atomic E-state index is -0.421. The molecule has 4 heterocycles. The minimum Gasteiger partial charge on any atom is -0.465 e. The summed E-state index contributed by atoms with van der Waals surface area (Å²) in [7, 11) is 1.34. The van der Waals surface area contributed by atoms with Crippen molar-refractivity contribution in [3.8, 4) is 11.8 Å². The SMILES string of the molecule is COC(=O)c1cccc(NC(=S)NC2COC3C2OCC3n2nnnc2Oc2cccc(N3CCOCC3)c2)c1. The largest absolute Gasteiger partial charge is 0.465 e. The molecule has 6 rings (SSSR count). The molecule has 0 spiro atoms. The normalized spacial score (nSPS) is 23.9. The molecule has 4 atom stereocenters. The Kier molecular flexibility index (Phi) is 7.73. The Balaban J connectivity index is 1.08. The van der Waals surface area contributed by atoms with Gasteiger partial charge in [0.15, 0.2) is 5.11 Å². The van der Waals surface area contributed by atoms with Gasteiger partial charge < -0.3 is 39.2 Å². The summed E-state index contributed by atoms with van der Waals surface area (Å²) in [6, 6.07) is 14.5. The van der Waals surface area contributed by atoms with Gasteiger partial charge in [0, 0.05) is 30.5 Å². The first kappa shape index (κ1) is 26.4. The first-order chi connectivity index (χ1) is 19.6. The van der Waals surface area contributed by atoms with Crippen LogP contribution in [0.1, 0.15) is 16.4 Å². The highest BCUT2D eigenvalue weighted by atomic mass is 32.1. The van der Waals surface area contributed by atoms with Crippen molar-refractivity contribution in [1.82, 2.24) is 25.5 Å². The topological polar surface area (TPSA) is 134 Å². The van der Waals surface area contributed by atoms with Crippen LogP contribution in [-0.4, -0.2) is 96.2 Å². The third kappa shape index (κ3) is 5.56. The average molecular weight is 568 g/mol. The molecule has 210 valence electrons. The summed E-state index contributed by atoms with van der Waals surface area (Å²) in [6.07, 6.45) is -0.568. The zero-order valence-electron chi connectivity index (χ0n) is 21.8. The number of hydrogen-bond acceptors (Lipinski definition) is 11. The fourth-order valence-corrected chi connectivity index (χ4v) is 5.39. The lowest BCUT2D eigenvalue weighted by molar-refractivity contribution is 0.0600. The molecule has 13 nitrogen and oxygen atoms in total. The molecule has 3 aromatic rings. The van der Waals surface area contributed by atoms with Gasteiger partial charge in [0.05, 0.1) is 45.1 Å². The number of hydrogen-bond donors (Lipinski definition) is 2. The van der Waals surface area contributed by atoms with Gasteiger partial charge in [-0.25, -0.2) is 4.79 Å². The lowest BCUT2D eigenvalue weighted by atomic mass is 10.1. The van der Waals surface area contributed by atoms with Crippen LogP contribution in [0.2, 0.25) is 0 Å². The molecule has 2 N–H and O–H groups in total. The van der Waals surface area contributed by atoms with Crippen molar-refractivity contribution >= 4 is 34.7 Å². The van der Waals surface area contributed by atoms with Crippen molar-refractivity contribution < 1.29 is 28.5 Å². The molecule has 0 radical (unpaired) electrons. The van der Waals surface area contributed by atoms with Crippen molar-refractivity contribution in [3.63, 3.8) is 0 Å². The summed E-state index contributed by atoms with van der Waals surface area (Å²) in [5.74, 6) is 0.214. The van der Waals surface area contributed by atoms with Crippen LogP contribution in [0, 0.1) is 0 Å². The second-order valence-electron chi connectivity index (χ2n) is 9.55. The van der Waals surface area contributed by atoms with Gasteiger partial charge in [-0.2, -0.15) is 4.68 Å². The van der Waals surface area contributed by atoms with Gasteiger partial charge in [-0.05, 0) is 53.0 Å². The number of thiocarbonyl (C=S) groups is 1. The number of nitrogens with one attached hydrogen (secondary N) is 2. The molecule has 2 aromatic carbocycles. The molecular weight excluding hydrogens is 538 g/mol. The number of nitrogens with zero attached hydrogens (tertiary/aromatic N) is 5. The highest BCUT2D eigenvalue weighted by Crippen LogP contribution is 2.36. The summed E-state index contributed by atoms with van der Waals surface area (Å²) < 4.78 is 30.2. The number of fused-ring (bicyclic) bond motifs is 1. The van der Waals surface area contributed by atoms with Crippen LogP contribution < -0.4 is 20.3 Å². The van der Waals surface area contributed by atoms with Crippen molar-refractivity contribution in [1.29, 1.82) is 0 Å². The van der Waals surface area contributed by atoms with Crippen LogP contribution in [0.3, 0.4) is 0 Å². The second kappa shape index (κ2) is 11.7. The van der Waals surface area contributed by atoms with E-state index in [1.54, 1.807) is 22.9 Å². The lowest BCUT2D eigenvalue weighted by Crippen LogP contribution is -2.45. The Morgan fingerprint density at radius 3 is 2.75 bits per heavy atom. The molecule has 0 bridgehead atoms. The van der Waals surface area contributed by atoms with Crippen LogP contribution in [0.15, 0.2) is 48.5 Å². The van der Waals surface area contributed by atoms with Gasteiger partial charge in [0.25, 0.3) is 0 Å². The Morgan fingerprint density at radius 1 is 1.07 bits per heavy atom. The Morgan fingerprint density at radius 2 is 1.90 bits per heavy atom. The predicted molar refractivity (Wildman–Crippen MR) is 147 cm³/mol. The molecule has 40 heavy (non-hydrogen) atoms. The number of esters is 1. The summed E-state index contributed by atoms with van der Waals surface area (Å²) in [5.41, 5.74) is 2.14. The molecule has 4 unspecified atom stereocenters. The van der Waals surface area contributed by atoms with E-state index in [0.717, 1.165) is 18.8 Å². The van der Waals surface area contributed by atoms with Gasteiger partial charge in [-0.3, -0.25) is 0 Å². The third-order valence-electron chi connectivity index (χ3n) is 7.07. The second-order valence-corrected chi connectivity index (χ2v) is 9.95. The van der Waals surface area contributed by atoms with Gasteiger partial charge in [-0.15, -0.1) is 0 Å². The van der Waals surface area contributed by atoms with Crippen molar-refractivity contribution in [3.05, 3.63) is 54.1 Å². The summed E-state index contributed by atoms with van der Waals surface area (Å²) in [4.78, 5) is 14.1. The molecule has 0 saturated carbocycles. The fraction of sp³-hybridized carbons (Fsp3) is 0.423. The van der Waals surface area contributed by atoms with Crippen molar-refractivity contribution in [2.24, 2.45) is 0 Å². The maximum Gasteiger partial charge on any atom is 0.341 e. The number of rotatable bonds is 7. The van der Waals surface area contributed by atoms with E-state index in [4.69, 9.17) is 35.9 Å². The van der Waals surface area contributed by atoms with Crippen molar-refractivity contribution in [2.75, 3.05) is 56.8 Å². The maximum absolute atomic E-state index is 11.8. The summed E-state index contributed by atoms with van der Waals surface area (Å²) in [6.45, 7) is 3.80. The summed E-state index contributed by atoms with van der Waals surface area (Å²) >= 11 is 5.51. The van der Waals surface area contributed by atoms with E-state index in [1.807, 2.05) is 30.3 Å². The number of benzene rings is 2. The molecule has 0 aliphatic carbocycles. The molecule has 1 aromatic heterocycles. The number of aromatic nitrogens is 4. The number of tetrazole rings is 1. The number of carbonyl (C=O) groups excluding carboxylic acids is 1. The van der Waals surface area contributed by atoms with Crippen LogP contribution in [-0.2, 0) is 18.9 Å². The fourth-order valence-electron chi connectivity index (χ4n) is 5.12. The van der Waals surface area contributed by atoms with E-state index >= 15 is 0 Å². The molecule has 3 saturated heterocycles. The minimum absolute atomic E-state index is 0.190. The van der Waals surface area contributed by atoms with Crippen molar-refractivity contribution in [2.45, 2.75) is 24.3 Å². The monoisotopic (exact) mass is 567 g/mol. The van der Waals surface area contributed by atoms with Crippen LogP contribution >= 0.6 is 12.2 Å². The zero-order chi connectivity index (χ0) is 27.5. The highest BCUT2D eigenvalue weighted by molar-refractivity contribution is 7.80. The molecule has 3 fully saturated rings.